The van der Waals surface area contributed by atoms with Gasteiger partial charge in [0.2, 0.25) is 5.91 Å². The molecule has 0 radical (unpaired) electrons. The highest BCUT2D eigenvalue weighted by atomic mass is 16.4. The Morgan fingerprint density at radius 3 is 2.57 bits per heavy atom. The van der Waals surface area contributed by atoms with Gasteiger partial charge in [0, 0.05) is 36.5 Å². The number of carbonyl (C=O) groups is 2. The van der Waals surface area contributed by atoms with Crippen molar-refractivity contribution in [2.24, 2.45) is 5.92 Å². The first-order valence-electron chi connectivity index (χ1n) is 9.85. The number of amides is 2. The minimum absolute atomic E-state index is 0.0928. The smallest absolute Gasteiger partial charge is 0.407 e. The number of H-pyrrole nitrogens is 1. The van der Waals surface area contributed by atoms with Gasteiger partial charge in [0.15, 0.2) is 0 Å². The Morgan fingerprint density at radius 1 is 1.10 bits per heavy atom. The summed E-state index contributed by atoms with van der Waals surface area (Å²) in [6, 6.07) is 14.9. The van der Waals surface area contributed by atoms with Crippen molar-refractivity contribution in [3.63, 3.8) is 0 Å². The van der Waals surface area contributed by atoms with E-state index >= 15 is 0 Å². The summed E-state index contributed by atoms with van der Waals surface area (Å²) in [5, 5.41) is 20.1. The summed E-state index contributed by atoms with van der Waals surface area (Å²) in [7, 11) is 0. The van der Waals surface area contributed by atoms with Crippen LogP contribution in [-0.4, -0.2) is 45.3 Å². The van der Waals surface area contributed by atoms with E-state index in [1.165, 1.54) is 4.90 Å². The van der Waals surface area contributed by atoms with E-state index in [9.17, 15) is 14.4 Å². The summed E-state index contributed by atoms with van der Waals surface area (Å²) < 4.78 is 0. The van der Waals surface area contributed by atoms with Gasteiger partial charge in [0.1, 0.15) is 0 Å². The Balaban J connectivity index is 1.46. The van der Waals surface area contributed by atoms with Crippen LogP contribution in [0.25, 0.3) is 10.8 Å². The molecule has 1 saturated heterocycles. The van der Waals surface area contributed by atoms with E-state index in [1.54, 1.807) is 6.07 Å². The third-order valence-corrected chi connectivity index (χ3v) is 5.48. The van der Waals surface area contributed by atoms with E-state index in [4.69, 9.17) is 5.11 Å². The second kappa shape index (κ2) is 8.36. The standard InChI is InChI=1S/C22H22N4O4/c27-20(15-8-10-26(11-9-15)22(29)30)23-16-5-3-4-14(12-16)13-19-17-6-1-2-7-18(17)21(28)25-24-19/h1-7,12,15H,8-11,13H2,(H,23,27)(H,25,28)(H,29,30). The minimum Gasteiger partial charge on any atom is -0.465 e. The van der Waals surface area contributed by atoms with Gasteiger partial charge in [-0.1, -0.05) is 30.3 Å². The fourth-order valence-corrected chi connectivity index (χ4v) is 3.84. The molecule has 154 valence electrons. The molecule has 0 saturated carbocycles. The lowest BCUT2D eigenvalue weighted by Crippen LogP contribution is -2.40. The molecule has 0 spiro atoms. The highest BCUT2D eigenvalue weighted by Crippen LogP contribution is 2.22. The molecule has 1 aliphatic rings. The van der Waals surface area contributed by atoms with Crippen LogP contribution in [0.2, 0.25) is 0 Å². The lowest BCUT2D eigenvalue weighted by molar-refractivity contribution is -0.121. The van der Waals surface area contributed by atoms with Gasteiger partial charge < -0.3 is 15.3 Å². The summed E-state index contributed by atoms with van der Waals surface area (Å²) in [5.41, 5.74) is 2.18. The Bertz CT molecular complexity index is 1150. The van der Waals surface area contributed by atoms with Crippen molar-refractivity contribution < 1.29 is 14.7 Å². The fraction of sp³-hybridized carbons (Fsp3) is 0.273. The van der Waals surface area contributed by atoms with E-state index in [0.717, 1.165) is 16.6 Å². The summed E-state index contributed by atoms with van der Waals surface area (Å²) in [5.74, 6) is -0.293. The van der Waals surface area contributed by atoms with Gasteiger partial charge >= 0.3 is 6.09 Å². The van der Waals surface area contributed by atoms with Crippen molar-refractivity contribution in [2.45, 2.75) is 19.3 Å². The van der Waals surface area contributed by atoms with Gasteiger partial charge in [-0.05, 0) is 36.6 Å². The number of hydrogen-bond donors (Lipinski definition) is 3. The highest BCUT2D eigenvalue weighted by Gasteiger charge is 2.27. The van der Waals surface area contributed by atoms with Crippen molar-refractivity contribution in [1.82, 2.24) is 15.1 Å². The van der Waals surface area contributed by atoms with Crippen molar-refractivity contribution in [2.75, 3.05) is 18.4 Å². The van der Waals surface area contributed by atoms with Gasteiger partial charge in [-0.2, -0.15) is 5.10 Å². The maximum absolute atomic E-state index is 12.6. The molecule has 1 aromatic heterocycles. The van der Waals surface area contributed by atoms with Gasteiger partial charge in [0.25, 0.3) is 5.56 Å². The number of benzene rings is 2. The number of rotatable bonds is 4. The summed E-state index contributed by atoms with van der Waals surface area (Å²) >= 11 is 0. The predicted octanol–water partition coefficient (Wildman–Crippen LogP) is 2.84. The molecule has 30 heavy (non-hydrogen) atoms. The summed E-state index contributed by atoms with van der Waals surface area (Å²) in [6.45, 7) is 0.747. The van der Waals surface area contributed by atoms with Crippen LogP contribution in [-0.2, 0) is 11.2 Å². The molecule has 0 unspecified atom stereocenters. The van der Waals surface area contributed by atoms with Gasteiger partial charge in [-0.15, -0.1) is 0 Å². The Kier molecular flexibility index (Phi) is 5.47. The number of nitrogens with one attached hydrogen (secondary N) is 2. The van der Waals surface area contributed by atoms with Crippen LogP contribution in [0.5, 0.6) is 0 Å². The third kappa shape index (κ3) is 4.17. The number of piperidine rings is 1. The van der Waals surface area contributed by atoms with Crippen LogP contribution in [0, 0.1) is 5.92 Å². The molecule has 8 heteroatoms. The monoisotopic (exact) mass is 406 g/mol. The number of nitrogens with zero attached hydrogens (tertiary/aromatic N) is 2. The molecule has 2 amide bonds. The van der Waals surface area contributed by atoms with Crippen molar-refractivity contribution >= 4 is 28.5 Å². The lowest BCUT2D eigenvalue weighted by Gasteiger charge is -2.29. The molecule has 3 aromatic rings. The van der Waals surface area contributed by atoms with Crippen molar-refractivity contribution in [1.29, 1.82) is 0 Å². The largest absolute Gasteiger partial charge is 0.465 e. The number of carbonyl (C=O) groups excluding carboxylic acids is 1. The fourth-order valence-electron chi connectivity index (χ4n) is 3.84. The zero-order valence-corrected chi connectivity index (χ0v) is 16.3. The summed E-state index contributed by atoms with van der Waals surface area (Å²) in [6.07, 6.45) is 0.610. The highest BCUT2D eigenvalue weighted by molar-refractivity contribution is 5.92. The van der Waals surface area contributed by atoms with Crippen molar-refractivity contribution in [3.05, 3.63) is 70.1 Å². The Morgan fingerprint density at radius 2 is 1.83 bits per heavy atom. The molecule has 0 aliphatic carbocycles. The van der Waals surface area contributed by atoms with Crippen LogP contribution in [0.4, 0.5) is 10.5 Å². The van der Waals surface area contributed by atoms with Crippen LogP contribution < -0.4 is 10.9 Å². The number of anilines is 1. The molecule has 8 nitrogen and oxygen atoms in total. The predicted molar refractivity (Wildman–Crippen MR) is 113 cm³/mol. The van der Waals surface area contributed by atoms with Crippen molar-refractivity contribution in [3.8, 4) is 0 Å². The summed E-state index contributed by atoms with van der Waals surface area (Å²) in [4.78, 5) is 36.9. The minimum atomic E-state index is -0.940. The molecule has 4 rings (SSSR count). The quantitative estimate of drug-likeness (QED) is 0.616. The first-order chi connectivity index (χ1) is 14.5. The molecule has 2 heterocycles. The third-order valence-electron chi connectivity index (χ3n) is 5.48. The maximum Gasteiger partial charge on any atom is 0.407 e. The number of hydrogen-bond acceptors (Lipinski definition) is 4. The van der Waals surface area contributed by atoms with Crippen LogP contribution in [0.15, 0.2) is 53.3 Å². The van der Waals surface area contributed by atoms with Gasteiger partial charge in [-0.25, -0.2) is 9.89 Å². The van der Waals surface area contributed by atoms with E-state index in [2.05, 4.69) is 15.5 Å². The molecule has 0 atom stereocenters. The second-order valence-electron chi connectivity index (χ2n) is 7.46. The topological polar surface area (TPSA) is 115 Å². The molecular weight excluding hydrogens is 384 g/mol. The number of aromatic nitrogens is 2. The normalized spacial score (nSPS) is 14.6. The Hall–Kier alpha value is -3.68. The molecule has 1 aliphatic heterocycles. The van der Waals surface area contributed by atoms with E-state index < -0.39 is 6.09 Å². The van der Waals surface area contributed by atoms with E-state index in [-0.39, 0.29) is 17.4 Å². The van der Waals surface area contributed by atoms with Gasteiger partial charge in [0.05, 0.1) is 11.1 Å². The average molecular weight is 406 g/mol. The van der Waals surface area contributed by atoms with Gasteiger partial charge in [-0.3, -0.25) is 9.59 Å². The zero-order chi connectivity index (χ0) is 21.1. The number of carboxylic acid groups (broad SMARTS) is 1. The second-order valence-corrected chi connectivity index (χ2v) is 7.46. The zero-order valence-electron chi connectivity index (χ0n) is 16.3. The SMILES string of the molecule is O=C(Nc1cccc(Cc2n[nH]c(=O)c3ccccc23)c1)C1CCN(C(=O)O)CC1. The molecular formula is C22H22N4O4. The van der Waals surface area contributed by atoms with Crippen LogP contribution >= 0.6 is 0 Å². The first-order valence-corrected chi connectivity index (χ1v) is 9.85. The molecule has 3 N–H and O–H groups in total. The molecule has 0 bridgehead atoms. The number of aromatic amines is 1. The Labute approximate surface area is 172 Å². The number of likely N-dealkylation sites (tertiary alicyclic amines) is 1. The molecule has 1 fully saturated rings. The maximum atomic E-state index is 12.6. The average Bonchev–Trinajstić information content (AvgIpc) is 2.76. The van der Waals surface area contributed by atoms with E-state index in [1.807, 2.05) is 42.5 Å². The van der Waals surface area contributed by atoms with E-state index in [0.29, 0.717) is 43.4 Å². The van der Waals surface area contributed by atoms with Crippen LogP contribution in [0.3, 0.4) is 0 Å². The first kappa shape index (κ1) is 19.6. The lowest BCUT2D eigenvalue weighted by atomic mass is 9.96. The molecule has 2 aromatic carbocycles. The van der Waals surface area contributed by atoms with Crippen LogP contribution in [0.1, 0.15) is 24.1 Å². The number of fused-ring (bicyclic) bond motifs is 1.